The first-order chi connectivity index (χ1) is 15.2. The number of nitrogens with one attached hydrogen (secondary N) is 2. The summed E-state index contributed by atoms with van der Waals surface area (Å²) in [6, 6.07) is 17.6. The van der Waals surface area contributed by atoms with Gasteiger partial charge < -0.3 is 10.1 Å². The van der Waals surface area contributed by atoms with E-state index in [2.05, 4.69) is 26.4 Å². The molecule has 1 aliphatic heterocycles. The van der Waals surface area contributed by atoms with Gasteiger partial charge in [0.15, 0.2) is 5.65 Å². The van der Waals surface area contributed by atoms with E-state index < -0.39 is 0 Å². The van der Waals surface area contributed by atoms with E-state index in [1.807, 2.05) is 48.5 Å². The van der Waals surface area contributed by atoms with E-state index in [4.69, 9.17) is 16.3 Å². The Labute approximate surface area is 184 Å². The van der Waals surface area contributed by atoms with Crippen LogP contribution in [0.2, 0.25) is 5.02 Å². The molecule has 31 heavy (non-hydrogen) atoms. The molecule has 158 valence electrons. The molecule has 1 aliphatic rings. The fourth-order valence-corrected chi connectivity index (χ4v) is 4.54. The second-order valence-corrected chi connectivity index (χ2v) is 8.18. The van der Waals surface area contributed by atoms with Crippen molar-refractivity contribution >= 4 is 28.6 Å². The Morgan fingerprint density at radius 1 is 1.10 bits per heavy atom. The minimum Gasteiger partial charge on any atom is -0.381 e. The average molecular weight is 436 g/mol. The van der Waals surface area contributed by atoms with Crippen LogP contribution in [0.1, 0.15) is 18.4 Å². The first-order valence-corrected chi connectivity index (χ1v) is 10.6. The maximum absolute atomic E-state index is 12.7. The summed E-state index contributed by atoms with van der Waals surface area (Å²) >= 11 is 6.55. The van der Waals surface area contributed by atoms with E-state index >= 15 is 0 Å². The van der Waals surface area contributed by atoms with Crippen molar-refractivity contribution in [1.29, 1.82) is 0 Å². The number of aromatic nitrogens is 4. The molecule has 0 unspecified atom stereocenters. The van der Waals surface area contributed by atoms with Gasteiger partial charge in [0, 0.05) is 30.2 Å². The number of hydrogen-bond donors (Lipinski definition) is 2. The lowest BCUT2D eigenvalue weighted by molar-refractivity contribution is 0.0543. The zero-order chi connectivity index (χ0) is 21.3. The van der Waals surface area contributed by atoms with Crippen molar-refractivity contribution in [2.45, 2.75) is 18.3 Å². The summed E-state index contributed by atoms with van der Waals surface area (Å²) in [5.41, 5.74) is 2.01. The molecule has 0 aliphatic carbocycles. The molecule has 3 heterocycles. The van der Waals surface area contributed by atoms with Crippen LogP contribution in [0, 0.1) is 0 Å². The monoisotopic (exact) mass is 435 g/mol. The molecule has 7 nitrogen and oxygen atoms in total. The highest BCUT2D eigenvalue weighted by atomic mass is 35.5. The lowest BCUT2D eigenvalue weighted by Gasteiger charge is -2.38. The summed E-state index contributed by atoms with van der Waals surface area (Å²) in [4.78, 5) is 20.2. The Morgan fingerprint density at radius 3 is 2.61 bits per heavy atom. The van der Waals surface area contributed by atoms with Crippen molar-refractivity contribution in [3.63, 3.8) is 0 Å². The Morgan fingerprint density at radius 2 is 1.84 bits per heavy atom. The molecule has 0 atom stereocenters. The second kappa shape index (κ2) is 8.17. The average Bonchev–Trinajstić information content (AvgIpc) is 3.24. The number of hydrogen-bond acceptors (Lipinski definition) is 5. The number of anilines is 1. The highest BCUT2D eigenvalue weighted by Gasteiger charge is 2.36. The standard InChI is InChI=1S/C23H22ClN5O2/c24-19-9-5-4-8-18(19)23(10-12-31-13-11-23)15-25-22-27-20-17(21(30)28-22)14-26-29(20)16-6-2-1-3-7-16/h1-9,14H,10-13,15H2,(H2,25,27,28,30). The molecule has 0 spiro atoms. The van der Waals surface area contributed by atoms with Crippen LogP contribution in [0.25, 0.3) is 16.7 Å². The first kappa shape index (κ1) is 19.8. The molecule has 8 heteroatoms. The van der Waals surface area contributed by atoms with Crippen molar-refractivity contribution in [3.8, 4) is 5.69 Å². The molecule has 1 saturated heterocycles. The van der Waals surface area contributed by atoms with Crippen LogP contribution >= 0.6 is 11.6 Å². The highest BCUT2D eigenvalue weighted by Crippen LogP contribution is 2.38. The van der Waals surface area contributed by atoms with Crippen molar-refractivity contribution in [3.05, 3.63) is 81.7 Å². The normalized spacial score (nSPS) is 15.8. The zero-order valence-corrected chi connectivity index (χ0v) is 17.6. The molecular formula is C23H22ClN5O2. The SMILES string of the molecule is O=c1[nH]c(NCC2(c3ccccc3Cl)CCOCC2)nc2c1cnn2-c1ccccc1. The minimum absolute atomic E-state index is 0.205. The number of fused-ring (bicyclic) bond motifs is 1. The lowest BCUT2D eigenvalue weighted by Crippen LogP contribution is -2.40. The van der Waals surface area contributed by atoms with E-state index in [1.54, 1.807) is 10.9 Å². The fraction of sp³-hybridized carbons (Fsp3) is 0.261. The zero-order valence-electron chi connectivity index (χ0n) is 16.8. The lowest BCUT2D eigenvalue weighted by atomic mass is 9.74. The highest BCUT2D eigenvalue weighted by molar-refractivity contribution is 6.31. The van der Waals surface area contributed by atoms with E-state index in [9.17, 15) is 4.79 Å². The van der Waals surface area contributed by atoms with Crippen molar-refractivity contribution < 1.29 is 4.74 Å². The van der Waals surface area contributed by atoms with Crippen LogP contribution in [0.15, 0.2) is 65.6 Å². The van der Waals surface area contributed by atoms with Crippen LogP contribution in [0.3, 0.4) is 0 Å². The van der Waals surface area contributed by atoms with Crippen LogP contribution in [0.5, 0.6) is 0 Å². The predicted octanol–water partition coefficient (Wildman–Crippen LogP) is 3.92. The third-order valence-corrected chi connectivity index (χ3v) is 6.26. The van der Waals surface area contributed by atoms with Gasteiger partial charge in [-0.3, -0.25) is 9.78 Å². The Kier molecular flexibility index (Phi) is 5.21. The molecule has 0 radical (unpaired) electrons. The molecule has 4 aromatic rings. The Balaban J connectivity index is 1.50. The van der Waals surface area contributed by atoms with Crippen molar-refractivity contribution in [2.75, 3.05) is 25.1 Å². The smallest absolute Gasteiger partial charge is 0.263 e. The number of H-pyrrole nitrogens is 1. The number of benzene rings is 2. The van der Waals surface area contributed by atoms with E-state index in [0.29, 0.717) is 36.7 Å². The number of halogens is 1. The summed E-state index contributed by atoms with van der Waals surface area (Å²) < 4.78 is 7.29. The molecule has 2 N–H and O–H groups in total. The van der Waals surface area contributed by atoms with Gasteiger partial charge in [0.05, 0.1) is 11.9 Å². The predicted molar refractivity (Wildman–Crippen MR) is 121 cm³/mol. The summed E-state index contributed by atoms with van der Waals surface area (Å²) in [6.45, 7) is 1.90. The first-order valence-electron chi connectivity index (χ1n) is 10.3. The largest absolute Gasteiger partial charge is 0.381 e. The molecule has 0 amide bonds. The van der Waals surface area contributed by atoms with E-state index in [1.165, 1.54) is 0 Å². The van der Waals surface area contributed by atoms with Gasteiger partial charge in [-0.05, 0) is 36.6 Å². The quantitative estimate of drug-likeness (QED) is 0.496. The molecule has 2 aromatic carbocycles. The van der Waals surface area contributed by atoms with Crippen LogP contribution < -0.4 is 10.9 Å². The third-order valence-electron chi connectivity index (χ3n) is 5.93. The summed E-state index contributed by atoms with van der Waals surface area (Å²) in [5, 5.41) is 8.91. The number of aromatic amines is 1. The minimum atomic E-state index is -0.228. The van der Waals surface area contributed by atoms with Gasteiger partial charge >= 0.3 is 0 Å². The van der Waals surface area contributed by atoms with Gasteiger partial charge in [-0.2, -0.15) is 10.1 Å². The molecule has 2 aromatic heterocycles. The Hall–Kier alpha value is -3.16. The molecule has 1 fully saturated rings. The summed E-state index contributed by atoms with van der Waals surface area (Å²) in [7, 11) is 0. The van der Waals surface area contributed by atoms with Crippen LogP contribution in [-0.4, -0.2) is 39.5 Å². The molecule has 0 bridgehead atoms. The van der Waals surface area contributed by atoms with Gasteiger partial charge in [-0.15, -0.1) is 0 Å². The second-order valence-electron chi connectivity index (χ2n) is 7.77. The number of rotatable bonds is 5. The number of nitrogens with zero attached hydrogens (tertiary/aromatic N) is 3. The maximum Gasteiger partial charge on any atom is 0.263 e. The molecule has 0 saturated carbocycles. The third kappa shape index (κ3) is 3.71. The maximum atomic E-state index is 12.7. The van der Waals surface area contributed by atoms with Gasteiger partial charge in [-0.1, -0.05) is 48.0 Å². The van der Waals surface area contributed by atoms with Gasteiger partial charge in [0.25, 0.3) is 5.56 Å². The summed E-state index contributed by atoms with van der Waals surface area (Å²) in [6.07, 6.45) is 3.21. The summed E-state index contributed by atoms with van der Waals surface area (Å²) in [5.74, 6) is 0.410. The van der Waals surface area contributed by atoms with Gasteiger partial charge in [-0.25, -0.2) is 4.68 Å². The topological polar surface area (TPSA) is 84.8 Å². The van der Waals surface area contributed by atoms with Crippen molar-refractivity contribution in [1.82, 2.24) is 19.7 Å². The molecule has 5 rings (SSSR count). The molecular weight excluding hydrogens is 414 g/mol. The van der Waals surface area contributed by atoms with Gasteiger partial charge in [0.1, 0.15) is 5.39 Å². The number of ether oxygens (including phenoxy) is 1. The Bertz CT molecular complexity index is 1260. The van der Waals surface area contributed by atoms with Crippen molar-refractivity contribution in [2.24, 2.45) is 0 Å². The van der Waals surface area contributed by atoms with Crippen LogP contribution in [-0.2, 0) is 10.2 Å². The van der Waals surface area contributed by atoms with Crippen LogP contribution in [0.4, 0.5) is 5.95 Å². The number of para-hydroxylation sites is 1. The van der Waals surface area contributed by atoms with Gasteiger partial charge in [0.2, 0.25) is 5.95 Å². The fourth-order valence-electron chi connectivity index (χ4n) is 4.21. The van der Waals surface area contributed by atoms with E-state index in [0.717, 1.165) is 29.1 Å². The van der Waals surface area contributed by atoms with E-state index in [-0.39, 0.29) is 11.0 Å².